The largest absolute Gasteiger partial charge is 0.260 e. The summed E-state index contributed by atoms with van der Waals surface area (Å²) >= 11 is 1.83. The highest BCUT2D eigenvalue weighted by Crippen LogP contribution is 2.26. The van der Waals surface area contributed by atoms with Crippen LogP contribution in [-0.2, 0) is 12.8 Å². The van der Waals surface area contributed by atoms with Crippen LogP contribution in [0, 0.1) is 0 Å². The number of thiophene rings is 1. The van der Waals surface area contributed by atoms with Gasteiger partial charge in [-0.05, 0) is 29.9 Å². The maximum atomic E-state index is 4.48. The van der Waals surface area contributed by atoms with Crippen molar-refractivity contribution >= 4 is 21.4 Å². The van der Waals surface area contributed by atoms with E-state index in [-0.39, 0.29) is 0 Å². The predicted octanol–water partition coefficient (Wildman–Crippen LogP) is 3.42. The Kier molecular flexibility index (Phi) is 2.32. The maximum Gasteiger partial charge on any atom is 0.0447 e. The van der Waals surface area contributed by atoms with Gasteiger partial charge in [-0.15, -0.1) is 11.3 Å². The molecule has 2 aromatic heterocycles. The Morgan fingerprint density at radius 3 is 2.85 bits per heavy atom. The maximum absolute atomic E-state index is 4.48. The quantitative estimate of drug-likeness (QED) is 0.708. The molecule has 0 saturated carbocycles. The Labute approximate surface area is 82.4 Å². The third-order valence-corrected chi connectivity index (χ3v) is 3.36. The minimum Gasteiger partial charge on any atom is -0.260 e. The number of aromatic nitrogens is 1. The molecule has 1 nitrogen and oxygen atoms in total. The number of pyridine rings is 1. The van der Waals surface area contributed by atoms with E-state index in [0.717, 1.165) is 12.8 Å². The lowest BCUT2D eigenvalue weighted by atomic mass is 10.1. The zero-order chi connectivity index (χ0) is 9.26. The molecule has 0 unspecified atom stereocenters. The summed E-state index contributed by atoms with van der Waals surface area (Å²) in [6.45, 7) is 4.37. The van der Waals surface area contributed by atoms with Gasteiger partial charge in [-0.2, -0.15) is 0 Å². The van der Waals surface area contributed by atoms with E-state index in [4.69, 9.17) is 0 Å². The molecular formula is C11H13NS. The van der Waals surface area contributed by atoms with E-state index in [0.29, 0.717) is 0 Å². The summed E-state index contributed by atoms with van der Waals surface area (Å²) in [5.41, 5.74) is 2.70. The summed E-state index contributed by atoms with van der Waals surface area (Å²) in [7, 11) is 0. The van der Waals surface area contributed by atoms with Gasteiger partial charge in [0.1, 0.15) is 0 Å². The lowest BCUT2D eigenvalue weighted by molar-refractivity contribution is 0.982. The van der Waals surface area contributed by atoms with E-state index < -0.39 is 0 Å². The third kappa shape index (κ3) is 1.35. The van der Waals surface area contributed by atoms with E-state index in [1.807, 2.05) is 17.5 Å². The molecule has 2 aromatic rings. The van der Waals surface area contributed by atoms with E-state index in [1.165, 1.54) is 21.3 Å². The molecule has 0 aromatic carbocycles. The van der Waals surface area contributed by atoms with Crippen molar-refractivity contribution in [1.29, 1.82) is 0 Å². The Morgan fingerprint density at radius 2 is 2.15 bits per heavy atom. The van der Waals surface area contributed by atoms with Crippen molar-refractivity contribution in [3.05, 3.63) is 28.9 Å². The molecule has 0 bridgehead atoms. The molecule has 0 amide bonds. The molecule has 2 rings (SSSR count). The van der Waals surface area contributed by atoms with Crippen LogP contribution in [0.25, 0.3) is 10.1 Å². The van der Waals surface area contributed by atoms with Crippen LogP contribution in [0.4, 0.5) is 0 Å². The Balaban J connectivity index is 2.74. The van der Waals surface area contributed by atoms with Crippen molar-refractivity contribution in [2.75, 3.05) is 0 Å². The molecule has 68 valence electrons. The SMILES string of the molecule is CCc1ncc2ccsc2c1CC. The van der Waals surface area contributed by atoms with Crippen molar-refractivity contribution in [1.82, 2.24) is 4.98 Å². The third-order valence-electron chi connectivity index (χ3n) is 2.37. The van der Waals surface area contributed by atoms with Gasteiger partial charge in [0.05, 0.1) is 0 Å². The van der Waals surface area contributed by atoms with Gasteiger partial charge >= 0.3 is 0 Å². The minimum atomic E-state index is 1.04. The first-order valence-corrected chi connectivity index (χ1v) is 5.58. The summed E-state index contributed by atoms with van der Waals surface area (Å²) in [5.74, 6) is 0. The molecule has 0 spiro atoms. The lowest BCUT2D eigenvalue weighted by Crippen LogP contribution is -1.94. The van der Waals surface area contributed by atoms with Crippen LogP contribution in [0.2, 0.25) is 0 Å². The molecule has 0 N–H and O–H groups in total. The molecule has 0 saturated heterocycles. The van der Waals surface area contributed by atoms with Crippen molar-refractivity contribution in [3.63, 3.8) is 0 Å². The summed E-state index contributed by atoms with van der Waals surface area (Å²) in [6.07, 6.45) is 4.12. The second-order valence-electron chi connectivity index (χ2n) is 3.10. The van der Waals surface area contributed by atoms with Crippen molar-refractivity contribution in [2.24, 2.45) is 0 Å². The Bertz CT molecular complexity index is 417. The lowest BCUT2D eigenvalue weighted by Gasteiger charge is -2.04. The van der Waals surface area contributed by atoms with E-state index in [9.17, 15) is 0 Å². The van der Waals surface area contributed by atoms with E-state index in [1.54, 1.807) is 0 Å². The standard InChI is InChI=1S/C11H13NS/c1-3-9-10(4-2)12-7-8-5-6-13-11(8)9/h5-7H,3-4H2,1-2H3. The zero-order valence-corrected chi connectivity index (χ0v) is 8.82. The first-order valence-electron chi connectivity index (χ1n) is 4.70. The Morgan fingerprint density at radius 1 is 1.31 bits per heavy atom. The highest BCUT2D eigenvalue weighted by molar-refractivity contribution is 7.17. The first-order chi connectivity index (χ1) is 6.36. The van der Waals surface area contributed by atoms with Crippen LogP contribution >= 0.6 is 11.3 Å². The molecule has 0 radical (unpaired) electrons. The molecule has 0 aliphatic heterocycles. The molecule has 13 heavy (non-hydrogen) atoms. The Hall–Kier alpha value is -0.890. The normalized spacial score (nSPS) is 10.9. The summed E-state index contributed by atoms with van der Waals surface area (Å²) in [5, 5.41) is 3.43. The van der Waals surface area contributed by atoms with Gasteiger partial charge in [0, 0.05) is 22.0 Å². The number of aryl methyl sites for hydroxylation is 2. The van der Waals surface area contributed by atoms with Gasteiger partial charge in [0.25, 0.3) is 0 Å². The van der Waals surface area contributed by atoms with Crippen LogP contribution < -0.4 is 0 Å². The van der Waals surface area contributed by atoms with Gasteiger partial charge < -0.3 is 0 Å². The summed E-state index contributed by atoms with van der Waals surface area (Å²) in [4.78, 5) is 4.48. The average Bonchev–Trinajstić information content (AvgIpc) is 2.63. The second-order valence-corrected chi connectivity index (χ2v) is 4.01. The van der Waals surface area contributed by atoms with Gasteiger partial charge in [-0.3, -0.25) is 4.98 Å². The number of hydrogen-bond acceptors (Lipinski definition) is 2. The van der Waals surface area contributed by atoms with Crippen LogP contribution in [0.1, 0.15) is 25.1 Å². The molecule has 0 aliphatic carbocycles. The number of rotatable bonds is 2. The second kappa shape index (κ2) is 3.46. The fraction of sp³-hybridized carbons (Fsp3) is 0.364. The molecule has 0 fully saturated rings. The highest BCUT2D eigenvalue weighted by atomic mass is 32.1. The predicted molar refractivity (Wildman–Crippen MR) is 58.4 cm³/mol. The topological polar surface area (TPSA) is 12.9 Å². The fourth-order valence-electron chi connectivity index (χ4n) is 1.69. The fourth-order valence-corrected chi connectivity index (χ4v) is 2.70. The van der Waals surface area contributed by atoms with Crippen molar-refractivity contribution < 1.29 is 0 Å². The van der Waals surface area contributed by atoms with Gasteiger partial charge in [0.2, 0.25) is 0 Å². The van der Waals surface area contributed by atoms with Gasteiger partial charge in [0.15, 0.2) is 0 Å². The van der Waals surface area contributed by atoms with Gasteiger partial charge in [-0.1, -0.05) is 13.8 Å². The average molecular weight is 191 g/mol. The number of nitrogens with zero attached hydrogens (tertiary/aromatic N) is 1. The highest BCUT2D eigenvalue weighted by Gasteiger charge is 2.06. The van der Waals surface area contributed by atoms with Crippen molar-refractivity contribution in [3.8, 4) is 0 Å². The first kappa shape index (κ1) is 8.70. The smallest absolute Gasteiger partial charge is 0.0447 e. The van der Waals surface area contributed by atoms with E-state index in [2.05, 4.69) is 30.3 Å². The minimum absolute atomic E-state index is 1.04. The molecular weight excluding hydrogens is 178 g/mol. The summed E-state index contributed by atoms with van der Waals surface area (Å²) in [6, 6.07) is 2.14. The zero-order valence-electron chi connectivity index (χ0n) is 8.00. The number of fused-ring (bicyclic) bond motifs is 1. The van der Waals surface area contributed by atoms with Crippen LogP contribution in [0.15, 0.2) is 17.6 Å². The molecule has 0 atom stereocenters. The van der Waals surface area contributed by atoms with Gasteiger partial charge in [-0.25, -0.2) is 0 Å². The van der Waals surface area contributed by atoms with Crippen LogP contribution in [0.5, 0.6) is 0 Å². The molecule has 2 heteroatoms. The van der Waals surface area contributed by atoms with Crippen molar-refractivity contribution in [2.45, 2.75) is 26.7 Å². The molecule has 2 heterocycles. The molecule has 0 aliphatic rings. The van der Waals surface area contributed by atoms with E-state index >= 15 is 0 Å². The number of hydrogen-bond donors (Lipinski definition) is 0. The monoisotopic (exact) mass is 191 g/mol. The van der Waals surface area contributed by atoms with Crippen LogP contribution in [-0.4, -0.2) is 4.98 Å². The summed E-state index contributed by atoms with van der Waals surface area (Å²) < 4.78 is 1.43. The van der Waals surface area contributed by atoms with Crippen LogP contribution in [0.3, 0.4) is 0 Å².